The molecule has 144 valence electrons. The van der Waals surface area contributed by atoms with Crippen molar-refractivity contribution in [2.24, 2.45) is 5.92 Å². The molecule has 2 aromatic carbocycles. The summed E-state index contributed by atoms with van der Waals surface area (Å²) >= 11 is 0. The van der Waals surface area contributed by atoms with Gasteiger partial charge in [0, 0.05) is 11.5 Å². The lowest BCUT2D eigenvalue weighted by molar-refractivity contribution is 0.00372. The van der Waals surface area contributed by atoms with E-state index >= 15 is 0 Å². The number of benzene rings is 2. The van der Waals surface area contributed by atoms with Crippen molar-refractivity contribution in [3.8, 4) is 11.5 Å². The Labute approximate surface area is 163 Å². The summed E-state index contributed by atoms with van der Waals surface area (Å²) in [5.74, 6) is -0.114. The molecule has 0 spiro atoms. The van der Waals surface area contributed by atoms with Gasteiger partial charge in [-0.2, -0.15) is 0 Å². The molecule has 0 amide bonds. The van der Waals surface area contributed by atoms with Crippen LogP contribution in [0.25, 0.3) is 11.5 Å². The fourth-order valence-electron chi connectivity index (χ4n) is 3.64. The van der Waals surface area contributed by atoms with Crippen LogP contribution in [0.3, 0.4) is 0 Å². The number of hydrogen-bond acceptors (Lipinski definition) is 4. The first-order valence-electron chi connectivity index (χ1n) is 9.60. The van der Waals surface area contributed by atoms with Gasteiger partial charge in [0.15, 0.2) is 5.78 Å². The van der Waals surface area contributed by atoms with Crippen LogP contribution in [0.1, 0.15) is 41.7 Å². The number of carbonyl (C=O) groups excluding carboxylic acids is 1. The van der Waals surface area contributed by atoms with Gasteiger partial charge in [0.2, 0.25) is 5.89 Å². The van der Waals surface area contributed by atoms with E-state index in [1.165, 1.54) is 18.4 Å². The Balaban J connectivity index is 1.38. The van der Waals surface area contributed by atoms with Crippen LogP contribution in [-0.2, 0) is 11.3 Å². The van der Waals surface area contributed by atoms with Gasteiger partial charge in [-0.25, -0.2) is 9.37 Å². The van der Waals surface area contributed by atoms with Gasteiger partial charge < -0.3 is 9.15 Å². The van der Waals surface area contributed by atoms with E-state index in [1.54, 1.807) is 12.1 Å². The first-order valence-corrected chi connectivity index (χ1v) is 9.60. The summed E-state index contributed by atoms with van der Waals surface area (Å²) in [6, 6.07) is 15.9. The quantitative estimate of drug-likeness (QED) is 0.535. The van der Waals surface area contributed by atoms with Crippen LogP contribution in [0.5, 0.6) is 0 Å². The first kappa shape index (κ1) is 18.6. The van der Waals surface area contributed by atoms with E-state index in [0.717, 1.165) is 24.8 Å². The number of ether oxygens (including phenoxy) is 1. The minimum Gasteiger partial charge on any atom is -0.444 e. The van der Waals surface area contributed by atoms with Gasteiger partial charge in [-0.15, -0.1) is 0 Å². The zero-order valence-corrected chi connectivity index (χ0v) is 15.5. The van der Waals surface area contributed by atoms with Crippen LogP contribution in [-0.4, -0.2) is 16.9 Å². The minimum atomic E-state index is -0.324. The Morgan fingerprint density at radius 2 is 1.89 bits per heavy atom. The van der Waals surface area contributed by atoms with Crippen LogP contribution in [0.2, 0.25) is 0 Å². The Kier molecular flexibility index (Phi) is 5.63. The summed E-state index contributed by atoms with van der Waals surface area (Å²) in [6.45, 7) is 0.561. The third-order valence-corrected chi connectivity index (χ3v) is 5.17. The Morgan fingerprint density at radius 3 is 2.68 bits per heavy atom. The van der Waals surface area contributed by atoms with Crippen molar-refractivity contribution in [1.82, 2.24) is 4.98 Å². The Morgan fingerprint density at radius 1 is 1.11 bits per heavy atom. The van der Waals surface area contributed by atoms with Gasteiger partial charge in [-0.1, -0.05) is 36.8 Å². The third-order valence-electron chi connectivity index (χ3n) is 5.17. The lowest BCUT2D eigenvalue weighted by Crippen LogP contribution is -2.28. The average Bonchev–Trinajstić information content (AvgIpc) is 3.23. The predicted octanol–water partition coefficient (Wildman–Crippen LogP) is 5.44. The molecule has 5 heteroatoms. The third kappa shape index (κ3) is 4.37. The molecule has 4 nitrogen and oxygen atoms in total. The van der Waals surface area contributed by atoms with E-state index in [2.05, 4.69) is 4.98 Å². The number of Topliss-reactive ketones (excluding diaryl/α,β-unsaturated/α-hetero) is 1. The average molecular weight is 379 g/mol. The number of nitrogens with zero attached hydrogens (tertiary/aromatic N) is 1. The first-order chi connectivity index (χ1) is 13.7. The molecule has 28 heavy (non-hydrogen) atoms. The second-order valence-corrected chi connectivity index (χ2v) is 7.19. The van der Waals surface area contributed by atoms with Crippen molar-refractivity contribution >= 4 is 5.78 Å². The molecule has 1 aliphatic carbocycles. The number of rotatable bonds is 6. The fourth-order valence-corrected chi connectivity index (χ4v) is 3.64. The van der Waals surface area contributed by atoms with Crippen LogP contribution in [0.4, 0.5) is 4.39 Å². The fraction of sp³-hybridized carbons (Fsp3) is 0.304. The molecule has 0 saturated heterocycles. The van der Waals surface area contributed by atoms with Crippen molar-refractivity contribution in [3.63, 3.8) is 0 Å². The summed E-state index contributed by atoms with van der Waals surface area (Å²) in [7, 11) is 0. The monoisotopic (exact) mass is 379 g/mol. The number of ketones is 1. The maximum Gasteiger partial charge on any atom is 0.226 e. The second kappa shape index (κ2) is 8.48. The molecule has 0 radical (unpaired) electrons. The summed E-state index contributed by atoms with van der Waals surface area (Å²) in [5, 5.41) is 0. The molecule has 1 saturated carbocycles. The molecule has 1 heterocycles. The minimum absolute atomic E-state index is 0.00915. The van der Waals surface area contributed by atoms with Crippen molar-refractivity contribution < 1.29 is 18.3 Å². The summed E-state index contributed by atoms with van der Waals surface area (Å²) < 4.78 is 24.6. The van der Waals surface area contributed by atoms with Gasteiger partial charge in [0.25, 0.3) is 0 Å². The summed E-state index contributed by atoms with van der Waals surface area (Å²) in [5.41, 5.74) is 2.11. The van der Waals surface area contributed by atoms with E-state index in [4.69, 9.17) is 9.15 Å². The SMILES string of the molecule is O=C(c1coc(-c2ccc(F)cc2)n1)[C@@H]1CCC[C@H](OCc2ccccc2)C1. The van der Waals surface area contributed by atoms with E-state index in [9.17, 15) is 9.18 Å². The summed E-state index contributed by atoms with van der Waals surface area (Å²) in [6.07, 6.45) is 4.93. The highest BCUT2D eigenvalue weighted by atomic mass is 19.1. The normalized spacial score (nSPS) is 19.5. The van der Waals surface area contributed by atoms with Gasteiger partial charge in [0.05, 0.1) is 12.7 Å². The number of carbonyl (C=O) groups is 1. The maximum atomic E-state index is 13.1. The zero-order valence-electron chi connectivity index (χ0n) is 15.5. The Hall–Kier alpha value is -2.79. The standard InChI is InChI=1S/C23H22FNO3/c24-19-11-9-17(10-12-19)23-25-21(15-28-23)22(26)18-7-4-8-20(13-18)27-14-16-5-2-1-3-6-16/h1-3,5-6,9-12,15,18,20H,4,7-8,13-14H2/t18-,20+/m1/s1. The molecular weight excluding hydrogens is 357 g/mol. The molecule has 0 unspecified atom stereocenters. The van der Waals surface area contributed by atoms with Crippen molar-refractivity contribution in [2.45, 2.75) is 38.4 Å². The van der Waals surface area contributed by atoms with Gasteiger partial charge in [-0.3, -0.25) is 4.79 Å². The maximum absolute atomic E-state index is 13.1. The molecule has 1 fully saturated rings. The molecule has 0 aliphatic heterocycles. The highest BCUT2D eigenvalue weighted by molar-refractivity contribution is 5.96. The van der Waals surface area contributed by atoms with Gasteiger partial charge >= 0.3 is 0 Å². The molecule has 1 aromatic heterocycles. The molecule has 2 atom stereocenters. The van der Waals surface area contributed by atoms with E-state index in [-0.39, 0.29) is 23.6 Å². The lowest BCUT2D eigenvalue weighted by Gasteiger charge is -2.28. The lowest BCUT2D eigenvalue weighted by atomic mass is 9.83. The molecule has 0 bridgehead atoms. The van der Waals surface area contributed by atoms with Crippen LogP contribution in [0, 0.1) is 11.7 Å². The van der Waals surface area contributed by atoms with Crippen LogP contribution in [0.15, 0.2) is 65.3 Å². The number of halogens is 1. The number of oxazole rings is 1. The van der Waals surface area contributed by atoms with Gasteiger partial charge in [0.1, 0.15) is 17.8 Å². The summed E-state index contributed by atoms with van der Waals surface area (Å²) in [4.78, 5) is 17.2. The largest absolute Gasteiger partial charge is 0.444 e. The number of aromatic nitrogens is 1. The second-order valence-electron chi connectivity index (χ2n) is 7.19. The van der Waals surface area contributed by atoms with Crippen LogP contribution >= 0.6 is 0 Å². The molecular formula is C23H22FNO3. The topological polar surface area (TPSA) is 52.3 Å². The van der Waals surface area contributed by atoms with Crippen molar-refractivity contribution in [1.29, 1.82) is 0 Å². The van der Waals surface area contributed by atoms with E-state index in [0.29, 0.717) is 30.2 Å². The van der Waals surface area contributed by atoms with Crippen molar-refractivity contribution in [2.75, 3.05) is 0 Å². The van der Waals surface area contributed by atoms with E-state index in [1.807, 2.05) is 30.3 Å². The Bertz CT molecular complexity index is 921. The van der Waals surface area contributed by atoms with Crippen molar-refractivity contribution in [3.05, 3.63) is 77.9 Å². The molecule has 1 aliphatic rings. The highest BCUT2D eigenvalue weighted by Crippen LogP contribution is 2.30. The predicted molar refractivity (Wildman–Crippen MR) is 103 cm³/mol. The highest BCUT2D eigenvalue weighted by Gasteiger charge is 2.30. The van der Waals surface area contributed by atoms with Gasteiger partial charge in [-0.05, 0) is 49.1 Å². The molecule has 4 rings (SSSR count). The molecule has 3 aromatic rings. The zero-order chi connectivity index (χ0) is 19.3. The van der Waals surface area contributed by atoms with E-state index < -0.39 is 0 Å². The smallest absolute Gasteiger partial charge is 0.226 e. The molecule has 0 N–H and O–H groups in total. The number of hydrogen-bond donors (Lipinski definition) is 0. The van der Waals surface area contributed by atoms with Crippen LogP contribution < -0.4 is 0 Å².